The monoisotopic (exact) mass is 353 g/mol. The fraction of sp³-hybridized carbons (Fsp3) is 0.286. The van der Waals surface area contributed by atoms with Crippen molar-refractivity contribution in [2.24, 2.45) is 0 Å². The van der Waals surface area contributed by atoms with E-state index < -0.39 is 5.82 Å². The standard InChI is InChI=1S/C21H24FN3O/c1-3-5-13-25(4-2)16-11-9-15(10-12-16)23-14-17-20-18(22)7-6-8-19(20)24-21(17)26/h6-12,14,23H,3-5,13H2,1-2H3,(H,24,26). The summed E-state index contributed by atoms with van der Waals surface area (Å²) in [7, 11) is 0. The number of carbonyl (C=O) groups is 1. The number of benzene rings is 2. The van der Waals surface area contributed by atoms with Gasteiger partial charge in [-0.3, -0.25) is 4.79 Å². The first kappa shape index (κ1) is 18.0. The van der Waals surface area contributed by atoms with Crippen molar-refractivity contribution >= 4 is 28.5 Å². The van der Waals surface area contributed by atoms with Gasteiger partial charge in [-0.25, -0.2) is 4.39 Å². The molecule has 0 bridgehead atoms. The lowest BCUT2D eigenvalue weighted by Crippen LogP contribution is -2.23. The molecule has 0 unspecified atom stereocenters. The van der Waals surface area contributed by atoms with Gasteiger partial charge in [0, 0.05) is 36.2 Å². The van der Waals surface area contributed by atoms with Crippen LogP contribution < -0.4 is 15.5 Å². The largest absolute Gasteiger partial charge is 0.372 e. The van der Waals surface area contributed by atoms with E-state index in [0.717, 1.165) is 18.8 Å². The van der Waals surface area contributed by atoms with Gasteiger partial charge in [-0.1, -0.05) is 19.4 Å². The van der Waals surface area contributed by atoms with Gasteiger partial charge in [0.05, 0.1) is 11.3 Å². The summed E-state index contributed by atoms with van der Waals surface area (Å²) in [5, 5.41) is 5.79. The second-order valence-corrected chi connectivity index (χ2v) is 6.30. The average molecular weight is 353 g/mol. The van der Waals surface area contributed by atoms with E-state index in [4.69, 9.17) is 0 Å². The van der Waals surface area contributed by atoms with Crippen LogP contribution in [-0.2, 0) is 4.79 Å². The van der Waals surface area contributed by atoms with E-state index in [9.17, 15) is 9.18 Å². The van der Waals surface area contributed by atoms with Gasteiger partial charge in [-0.05, 0) is 49.7 Å². The number of amides is 1. The molecule has 1 heterocycles. The Morgan fingerprint density at radius 3 is 2.62 bits per heavy atom. The number of nitrogens with one attached hydrogen (secondary N) is 2. The van der Waals surface area contributed by atoms with E-state index in [1.54, 1.807) is 18.3 Å². The molecular formula is C21H24FN3O. The van der Waals surface area contributed by atoms with E-state index in [2.05, 4.69) is 41.5 Å². The topological polar surface area (TPSA) is 44.4 Å². The predicted octanol–water partition coefficient (Wildman–Crippen LogP) is 4.86. The molecule has 1 aliphatic rings. The number of unbranched alkanes of at least 4 members (excludes halogenated alkanes) is 1. The van der Waals surface area contributed by atoms with Crippen molar-refractivity contribution in [3.05, 3.63) is 60.0 Å². The first-order valence-corrected chi connectivity index (χ1v) is 9.06. The Bertz CT molecular complexity index is 815. The lowest BCUT2D eigenvalue weighted by molar-refractivity contribution is -0.110. The highest BCUT2D eigenvalue weighted by Gasteiger charge is 2.27. The maximum atomic E-state index is 14.1. The Balaban J connectivity index is 1.74. The number of hydrogen-bond acceptors (Lipinski definition) is 3. The van der Waals surface area contributed by atoms with Crippen molar-refractivity contribution in [3.8, 4) is 0 Å². The SMILES string of the molecule is CCCCN(CC)c1ccc(NC=C2C(=O)Nc3cccc(F)c32)cc1. The summed E-state index contributed by atoms with van der Waals surface area (Å²) in [6, 6.07) is 12.7. The molecule has 26 heavy (non-hydrogen) atoms. The highest BCUT2D eigenvalue weighted by Crippen LogP contribution is 2.33. The second-order valence-electron chi connectivity index (χ2n) is 6.30. The summed E-state index contributed by atoms with van der Waals surface area (Å²) in [5.74, 6) is -0.704. The smallest absolute Gasteiger partial charge is 0.257 e. The number of hydrogen-bond donors (Lipinski definition) is 2. The van der Waals surface area contributed by atoms with E-state index in [1.807, 2.05) is 12.1 Å². The molecule has 136 valence electrons. The number of anilines is 3. The van der Waals surface area contributed by atoms with Crippen molar-refractivity contribution in [3.63, 3.8) is 0 Å². The van der Waals surface area contributed by atoms with Crippen LogP contribution in [0.25, 0.3) is 5.57 Å². The maximum Gasteiger partial charge on any atom is 0.257 e. The van der Waals surface area contributed by atoms with Crippen LogP contribution in [0, 0.1) is 5.82 Å². The number of carbonyl (C=O) groups excluding carboxylic acids is 1. The molecule has 4 nitrogen and oxygen atoms in total. The second kappa shape index (κ2) is 8.04. The molecule has 1 aliphatic heterocycles. The van der Waals surface area contributed by atoms with E-state index in [0.29, 0.717) is 16.8 Å². The molecular weight excluding hydrogens is 329 g/mol. The van der Waals surface area contributed by atoms with E-state index in [-0.39, 0.29) is 5.91 Å². The molecule has 2 aromatic carbocycles. The van der Waals surface area contributed by atoms with Crippen molar-refractivity contribution in [2.45, 2.75) is 26.7 Å². The van der Waals surface area contributed by atoms with Crippen LogP contribution in [0.3, 0.4) is 0 Å². The maximum absolute atomic E-state index is 14.1. The Labute approximate surface area is 153 Å². The zero-order valence-corrected chi connectivity index (χ0v) is 15.2. The van der Waals surface area contributed by atoms with Gasteiger partial charge >= 0.3 is 0 Å². The number of rotatable bonds is 7. The average Bonchev–Trinajstić information content (AvgIpc) is 2.98. The van der Waals surface area contributed by atoms with Gasteiger partial charge in [0.25, 0.3) is 5.91 Å². The third-order valence-corrected chi connectivity index (χ3v) is 4.55. The van der Waals surface area contributed by atoms with Crippen molar-refractivity contribution in [1.82, 2.24) is 0 Å². The van der Waals surface area contributed by atoms with Gasteiger partial charge < -0.3 is 15.5 Å². The minimum Gasteiger partial charge on any atom is -0.372 e. The molecule has 0 fully saturated rings. The summed E-state index contributed by atoms with van der Waals surface area (Å²) >= 11 is 0. The van der Waals surface area contributed by atoms with Crippen molar-refractivity contribution in [1.29, 1.82) is 0 Å². The molecule has 0 radical (unpaired) electrons. The van der Waals surface area contributed by atoms with Crippen molar-refractivity contribution < 1.29 is 9.18 Å². The van der Waals surface area contributed by atoms with Crippen LogP contribution in [-0.4, -0.2) is 19.0 Å². The zero-order chi connectivity index (χ0) is 18.5. The molecule has 2 aromatic rings. The van der Waals surface area contributed by atoms with Crippen LogP contribution in [0.4, 0.5) is 21.5 Å². The lowest BCUT2D eigenvalue weighted by atomic mass is 10.1. The fourth-order valence-electron chi connectivity index (χ4n) is 3.09. The van der Waals surface area contributed by atoms with Crippen LogP contribution in [0.5, 0.6) is 0 Å². The Hall–Kier alpha value is -2.82. The Morgan fingerprint density at radius 1 is 1.15 bits per heavy atom. The molecule has 0 saturated carbocycles. The number of fused-ring (bicyclic) bond motifs is 1. The third-order valence-electron chi connectivity index (χ3n) is 4.55. The molecule has 2 N–H and O–H groups in total. The normalized spacial score (nSPS) is 14.3. The van der Waals surface area contributed by atoms with Crippen LogP contribution in [0.2, 0.25) is 0 Å². The minimum absolute atomic E-state index is 0.300. The molecule has 0 saturated heterocycles. The summed E-state index contributed by atoms with van der Waals surface area (Å²) in [4.78, 5) is 14.4. The van der Waals surface area contributed by atoms with Crippen LogP contribution >= 0.6 is 0 Å². The summed E-state index contributed by atoms with van der Waals surface area (Å²) in [6.45, 7) is 6.35. The van der Waals surface area contributed by atoms with E-state index >= 15 is 0 Å². The first-order chi connectivity index (χ1) is 12.6. The Morgan fingerprint density at radius 2 is 1.92 bits per heavy atom. The molecule has 1 amide bonds. The predicted molar refractivity (Wildman–Crippen MR) is 106 cm³/mol. The quantitative estimate of drug-likeness (QED) is 0.699. The van der Waals surface area contributed by atoms with Crippen LogP contribution in [0.15, 0.2) is 48.7 Å². The molecule has 0 aliphatic carbocycles. The molecule has 0 spiro atoms. The van der Waals surface area contributed by atoms with Gasteiger partial charge in [0.1, 0.15) is 5.82 Å². The first-order valence-electron chi connectivity index (χ1n) is 9.06. The molecule has 5 heteroatoms. The lowest BCUT2D eigenvalue weighted by Gasteiger charge is -2.23. The number of nitrogens with zero attached hydrogens (tertiary/aromatic N) is 1. The third kappa shape index (κ3) is 3.72. The van der Waals surface area contributed by atoms with Gasteiger partial charge in [0.2, 0.25) is 0 Å². The van der Waals surface area contributed by atoms with Crippen molar-refractivity contribution in [2.75, 3.05) is 28.6 Å². The van der Waals surface area contributed by atoms with Gasteiger partial charge in [-0.2, -0.15) is 0 Å². The highest BCUT2D eigenvalue weighted by atomic mass is 19.1. The minimum atomic E-state index is -0.404. The van der Waals surface area contributed by atoms with Crippen LogP contribution in [0.1, 0.15) is 32.3 Å². The highest BCUT2D eigenvalue weighted by molar-refractivity contribution is 6.31. The van der Waals surface area contributed by atoms with Gasteiger partial charge in [0.15, 0.2) is 0 Å². The molecule has 3 rings (SSSR count). The summed E-state index contributed by atoms with van der Waals surface area (Å²) < 4.78 is 14.1. The Kier molecular flexibility index (Phi) is 5.56. The summed E-state index contributed by atoms with van der Waals surface area (Å²) in [5.41, 5.74) is 3.16. The van der Waals surface area contributed by atoms with E-state index in [1.165, 1.54) is 24.6 Å². The number of halogens is 1. The molecule has 0 atom stereocenters. The summed E-state index contributed by atoms with van der Waals surface area (Å²) in [6.07, 6.45) is 3.90. The molecule has 0 aromatic heterocycles. The van der Waals surface area contributed by atoms with Gasteiger partial charge in [-0.15, -0.1) is 0 Å². The zero-order valence-electron chi connectivity index (χ0n) is 15.2. The fourth-order valence-corrected chi connectivity index (χ4v) is 3.09.